The highest BCUT2D eigenvalue weighted by molar-refractivity contribution is 7.10. The summed E-state index contributed by atoms with van der Waals surface area (Å²) >= 11 is 1.64. The number of ketones is 1. The second-order valence-electron chi connectivity index (χ2n) is 4.56. The van der Waals surface area contributed by atoms with E-state index in [9.17, 15) is 14.9 Å². The average Bonchev–Trinajstić information content (AvgIpc) is 3.08. The maximum Gasteiger partial charge on any atom is 0.287 e. The first kappa shape index (κ1) is 14.4. The molecule has 0 saturated heterocycles. The first-order chi connectivity index (χ1) is 9.49. The Balaban J connectivity index is 2.01. The largest absolute Gasteiger partial charge is 0.353 e. The van der Waals surface area contributed by atoms with Crippen molar-refractivity contribution >= 4 is 22.8 Å². The summed E-state index contributed by atoms with van der Waals surface area (Å²) in [7, 11) is 1.86. The topological polar surface area (TPSA) is 79.2 Å². The van der Waals surface area contributed by atoms with Crippen molar-refractivity contribution in [1.29, 1.82) is 0 Å². The van der Waals surface area contributed by atoms with Gasteiger partial charge in [-0.1, -0.05) is 6.07 Å². The Morgan fingerprint density at radius 1 is 1.60 bits per heavy atom. The van der Waals surface area contributed by atoms with E-state index in [1.54, 1.807) is 11.3 Å². The van der Waals surface area contributed by atoms with Crippen LogP contribution >= 0.6 is 11.3 Å². The fourth-order valence-electron chi connectivity index (χ4n) is 1.84. The summed E-state index contributed by atoms with van der Waals surface area (Å²) in [5.74, 6) is -0.163. The highest BCUT2D eigenvalue weighted by Crippen LogP contribution is 2.23. The Morgan fingerprint density at radius 3 is 2.90 bits per heavy atom. The summed E-state index contributed by atoms with van der Waals surface area (Å²) in [4.78, 5) is 27.9. The summed E-state index contributed by atoms with van der Waals surface area (Å²) in [6.45, 7) is 2.23. The Bertz CT molecular complexity index is 606. The summed E-state index contributed by atoms with van der Waals surface area (Å²) in [6.07, 6.45) is 1.23. The van der Waals surface area contributed by atoms with Crippen LogP contribution < -0.4 is 0 Å². The number of Topliss-reactive ketones (excluding diaryl/α,β-unsaturated/α-hetero) is 1. The van der Waals surface area contributed by atoms with Gasteiger partial charge in [-0.15, -0.1) is 11.3 Å². The molecule has 0 aliphatic rings. The molecule has 0 aromatic carbocycles. The third-order valence-electron chi connectivity index (χ3n) is 3.19. The molecule has 6 nitrogen and oxygen atoms in total. The summed E-state index contributed by atoms with van der Waals surface area (Å²) in [5, 5.41) is 12.6. The molecule has 0 fully saturated rings. The average molecular weight is 293 g/mol. The zero-order valence-corrected chi connectivity index (χ0v) is 12.0. The van der Waals surface area contributed by atoms with Crippen molar-refractivity contribution in [2.45, 2.75) is 13.0 Å². The molecule has 1 atom stereocenters. The van der Waals surface area contributed by atoms with Gasteiger partial charge in [-0.25, -0.2) is 0 Å². The number of nitro groups is 1. The zero-order valence-electron chi connectivity index (χ0n) is 11.2. The van der Waals surface area contributed by atoms with Gasteiger partial charge in [0, 0.05) is 17.0 Å². The standard InChI is InChI=1S/C13H15N3O3S/c1-9(13-4-3-5-20-13)15(2)8-12(17)11-6-10(7-14-11)16(18)19/h3-7,9,14H,8H2,1-2H3. The third-order valence-corrected chi connectivity index (χ3v) is 4.23. The summed E-state index contributed by atoms with van der Waals surface area (Å²) in [6, 6.07) is 5.39. The third kappa shape index (κ3) is 3.12. The highest BCUT2D eigenvalue weighted by atomic mass is 32.1. The first-order valence-electron chi connectivity index (χ1n) is 6.08. The van der Waals surface area contributed by atoms with Crippen molar-refractivity contribution in [1.82, 2.24) is 9.88 Å². The monoisotopic (exact) mass is 293 g/mol. The molecule has 0 spiro atoms. The zero-order chi connectivity index (χ0) is 14.7. The van der Waals surface area contributed by atoms with Crippen molar-refractivity contribution in [3.8, 4) is 0 Å². The molecule has 2 heterocycles. The van der Waals surface area contributed by atoms with Gasteiger partial charge in [0.15, 0.2) is 5.78 Å². The van der Waals surface area contributed by atoms with Crippen LogP contribution in [-0.4, -0.2) is 34.2 Å². The van der Waals surface area contributed by atoms with Crippen LogP contribution in [-0.2, 0) is 0 Å². The predicted molar refractivity (Wildman–Crippen MR) is 77.1 cm³/mol. The number of likely N-dealkylation sites (N-methyl/N-ethyl adjacent to an activating group) is 1. The van der Waals surface area contributed by atoms with Crippen LogP contribution in [0.25, 0.3) is 0 Å². The smallest absolute Gasteiger partial charge is 0.287 e. The molecule has 2 rings (SSSR count). The number of H-pyrrole nitrogens is 1. The number of rotatable bonds is 6. The maximum absolute atomic E-state index is 12.1. The van der Waals surface area contributed by atoms with Gasteiger partial charge in [0.1, 0.15) is 0 Å². The lowest BCUT2D eigenvalue weighted by Gasteiger charge is -2.22. The van der Waals surface area contributed by atoms with Crippen molar-refractivity contribution < 1.29 is 9.72 Å². The molecule has 0 radical (unpaired) electrons. The van der Waals surface area contributed by atoms with Gasteiger partial charge < -0.3 is 4.98 Å². The van der Waals surface area contributed by atoms with Crippen molar-refractivity contribution in [3.05, 3.63) is 50.5 Å². The molecule has 0 bridgehead atoms. The summed E-state index contributed by atoms with van der Waals surface area (Å²) in [5.41, 5.74) is 0.171. The van der Waals surface area contributed by atoms with E-state index in [4.69, 9.17) is 0 Å². The maximum atomic E-state index is 12.1. The van der Waals surface area contributed by atoms with E-state index in [0.29, 0.717) is 0 Å². The van der Waals surface area contributed by atoms with Gasteiger partial charge >= 0.3 is 0 Å². The van der Waals surface area contributed by atoms with E-state index >= 15 is 0 Å². The van der Waals surface area contributed by atoms with E-state index in [1.165, 1.54) is 17.1 Å². The number of aromatic amines is 1. The van der Waals surface area contributed by atoms with Crippen LogP contribution in [0.2, 0.25) is 0 Å². The minimum atomic E-state index is -0.523. The molecule has 2 aromatic heterocycles. The minimum absolute atomic E-state index is 0.0951. The number of thiophene rings is 1. The fraction of sp³-hybridized carbons (Fsp3) is 0.308. The molecule has 0 aliphatic heterocycles. The Kier molecular flexibility index (Phi) is 4.31. The number of nitrogens with zero attached hydrogens (tertiary/aromatic N) is 2. The van der Waals surface area contributed by atoms with Gasteiger partial charge in [0.2, 0.25) is 0 Å². The molecule has 20 heavy (non-hydrogen) atoms. The number of carbonyl (C=O) groups excluding carboxylic acids is 1. The van der Waals surface area contributed by atoms with Crippen LogP contribution in [0, 0.1) is 10.1 Å². The SMILES string of the molecule is CC(c1cccs1)N(C)CC(=O)c1cc([N+](=O)[O-])c[nH]1. The Hall–Kier alpha value is -1.99. The van der Waals surface area contributed by atoms with Gasteiger partial charge in [-0.05, 0) is 25.4 Å². The van der Waals surface area contributed by atoms with E-state index in [2.05, 4.69) is 4.98 Å². The molecule has 106 valence electrons. The van der Waals surface area contributed by atoms with E-state index in [-0.39, 0.29) is 29.8 Å². The van der Waals surface area contributed by atoms with Crippen molar-refractivity contribution in [2.75, 3.05) is 13.6 Å². The van der Waals surface area contributed by atoms with Crippen LogP contribution in [0.1, 0.15) is 28.3 Å². The lowest BCUT2D eigenvalue weighted by Crippen LogP contribution is -2.28. The van der Waals surface area contributed by atoms with Crippen LogP contribution in [0.15, 0.2) is 29.8 Å². The van der Waals surface area contributed by atoms with Gasteiger partial charge in [0.05, 0.1) is 23.4 Å². The molecule has 2 aromatic rings. The second kappa shape index (κ2) is 5.98. The second-order valence-corrected chi connectivity index (χ2v) is 5.54. The van der Waals surface area contributed by atoms with E-state index in [1.807, 2.05) is 36.4 Å². The molecule has 1 unspecified atom stereocenters. The number of aromatic nitrogens is 1. The molecule has 7 heteroatoms. The molecule has 0 amide bonds. The molecular formula is C13H15N3O3S. The molecule has 0 saturated carbocycles. The fourth-order valence-corrected chi connectivity index (χ4v) is 2.69. The Labute approximate surface area is 120 Å². The summed E-state index contributed by atoms with van der Waals surface area (Å²) < 4.78 is 0. The van der Waals surface area contributed by atoms with Crippen LogP contribution in [0.5, 0.6) is 0 Å². The van der Waals surface area contributed by atoms with Gasteiger partial charge in [0.25, 0.3) is 5.69 Å². The lowest BCUT2D eigenvalue weighted by molar-refractivity contribution is -0.384. The van der Waals surface area contributed by atoms with E-state index < -0.39 is 4.92 Å². The predicted octanol–water partition coefficient (Wildman–Crippen LogP) is 2.86. The number of nitrogens with one attached hydrogen (secondary N) is 1. The molecular weight excluding hydrogens is 278 g/mol. The molecule has 0 aliphatic carbocycles. The van der Waals surface area contributed by atoms with Crippen LogP contribution in [0.3, 0.4) is 0 Å². The minimum Gasteiger partial charge on any atom is -0.353 e. The normalized spacial score (nSPS) is 12.6. The van der Waals surface area contributed by atoms with E-state index in [0.717, 1.165) is 0 Å². The van der Waals surface area contributed by atoms with Gasteiger partial charge in [-0.3, -0.25) is 19.8 Å². The highest BCUT2D eigenvalue weighted by Gasteiger charge is 2.19. The number of carbonyl (C=O) groups is 1. The molecule has 1 N–H and O–H groups in total. The van der Waals surface area contributed by atoms with Gasteiger partial charge in [-0.2, -0.15) is 0 Å². The van der Waals surface area contributed by atoms with Crippen molar-refractivity contribution in [3.63, 3.8) is 0 Å². The first-order valence-corrected chi connectivity index (χ1v) is 6.96. The quantitative estimate of drug-likeness (QED) is 0.504. The number of hydrogen-bond acceptors (Lipinski definition) is 5. The van der Waals surface area contributed by atoms with Crippen LogP contribution in [0.4, 0.5) is 5.69 Å². The number of hydrogen-bond donors (Lipinski definition) is 1. The Morgan fingerprint density at radius 2 is 2.35 bits per heavy atom. The van der Waals surface area contributed by atoms with Crippen molar-refractivity contribution in [2.24, 2.45) is 0 Å². The lowest BCUT2D eigenvalue weighted by atomic mass is 10.2.